The summed E-state index contributed by atoms with van der Waals surface area (Å²) in [6.07, 6.45) is 1.28. The Labute approximate surface area is 133 Å². The van der Waals surface area contributed by atoms with Gasteiger partial charge in [-0.1, -0.05) is 15.9 Å². The average Bonchev–Trinajstić information content (AvgIpc) is 2.47. The summed E-state index contributed by atoms with van der Waals surface area (Å²) in [5, 5.41) is 23.8. The van der Waals surface area contributed by atoms with Crippen molar-refractivity contribution in [3.05, 3.63) is 68.2 Å². The van der Waals surface area contributed by atoms with Crippen molar-refractivity contribution in [1.82, 2.24) is 5.43 Å². The molecule has 2 aromatic rings. The van der Waals surface area contributed by atoms with Crippen LogP contribution in [0.1, 0.15) is 15.9 Å². The third-order valence-electron chi connectivity index (χ3n) is 2.68. The van der Waals surface area contributed by atoms with E-state index in [9.17, 15) is 20.0 Å². The summed E-state index contributed by atoms with van der Waals surface area (Å²) in [7, 11) is 0. The maximum atomic E-state index is 11.8. The topological polar surface area (TPSA) is 105 Å². The first-order valence-corrected chi connectivity index (χ1v) is 6.83. The molecule has 112 valence electrons. The molecule has 2 aromatic carbocycles. The van der Waals surface area contributed by atoms with Crippen LogP contribution in [0.3, 0.4) is 0 Å². The fourth-order valence-corrected chi connectivity index (χ4v) is 1.87. The van der Waals surface area contributed by atoms with Gasteiger partial charge in [-0.3, -0.25) is 14.9 Å². The highest BCUT2D eigenvalue weighted by Gasteiger charge is 2.12. The van der Waals surface area contributed by atoms with Gasteiger partial charge < -0.3 is 5.11 Å². The number of nitro benzene ring substituents is 1. The summed E-state index contributed by atoms with van der Waals surface area (Å²) in [5.41, 5.74) is 2.78. The number of hydrogen-bond donors (Lipinski definition) is 2. The lowest BCUT2D eigenvalue weighted by molar-refractivity contribution is -0.385. The predicted octanol–water partition coefficient (Wildman–Crippen LogP) is 2.83. The lowest BCUT2D eigenvalue weighted by Gasteiger charge is -2.00. The van der Waals surface area contributed by atoms with Gasteiger partial charge in [-0.25, -0.2) is 5.43 Å². The molecule has 22 heavy (non-hydrogen) atoms. The number of benzene rings is 2. The molecule has 0 aliphatic rings. The number of phenolic OH excluding ortho intramolecular Hbond substituents is 1. The number of carbonyl (C=O) groups excluding carboxylic acids is 1. The number of amides is 1. The molecule has 0 heterocycles. The Balaban J connectivity index is 2.03. The first-order valence-electron chi connectivity index (χ1n) is 6.04. The van der Waals surface area contributed by atoms with Crippen molar-refractivity contribution in [2.45, 2.75) is 0 Å². The number of halogens is 1. The number of nitrogens with zero attached hydrogens (tertiary/aromatic N) is 2. The Bertz CT molecular complexity index is 744. The SMILES string of the molecule is O=C(N/N=C\c1ccc([N+](=O)[O-])c(O)c1)c1ccc(Br)cc1. The van der Waals surface area contributed by atoms with Gasteiger partial charge in [-0.05, 0) is 42.0 Å². The van der Waals surface area contributed by atoms with E-state index in [0.717, 1.165) is 10.5 Å². The number of aromatic hydroxyl groups is 1. The van der Waals surface area contributed by atoms with Gasteiger partial charge >= 0.3 is 5.69 Å². The number of hydrazone groups is 1. The highest BCUT2D eigenvalue weighted by atomic mass is 79.9. The maximum absolute atomic E-state index is 11.8. The van der Waals surface area contributed by atoms with E-state index < -0.39 is 22.3 Å². The van der Waals surface area contributed by atoms with Gasteiger partial charge in [0.2, 0.25) is 0 Å². The van der Waals surface area contributed by atoms with Crippen LogP contribution < -0.4 is 5.43 Å². The van der Waals surface area contributed by atoms with Crippen molar-refractivity contribution in [2.24, 2.45) is 5.10 Å². The molecule has 0 radical (unpaired) electrons. The molecule has 7 nitrogen and oxygen atoms in total. The highest BCUT2D eigenvalue weighted by molar-refractivity contribution is 9.10. The average molecular weight is 364 g/mol. The van der Waals surface area contributed by atoms with Crippen LogP contribution in [0.15, 0.2) is 52.0 Å². The minimum absolute atomic E-state index is 0.393. The Morgan fingerprint density at radius 3 is 2.55 bits per heavy atom. The van der Waals surface area contributed by atoms with Gasteiger partial charge in [0.25, 0.3) is 5.91 Å². The molecule has 8 heteroatoms. The minimum atomic E-state index is -0.689. The molecule has 0 saturated carbocycles. The Morgan fingerprint density at radius 1 is 1.27 bits per heavy atom. The Morgan fingerprint density at radius 2 is 1.95 bits per heavy atom. The fourth-order valence-electron chi connectivity index (χ4n) is 1.61. The third-order valence-corrected chi connectivity index (χ3v) is 3.21. The Hall–Kier alpha value is -2.74. The van der Waals surface area contributed by atoms with Gasteiger partial charge in [-0.2, -0.15) is 5.10 Å². The summed E-state index contributed by atoms with van der Waals surface area (Å²) in [6, 6.07) is 10.5. The molecule has 0 unspecified atom stereocenters. The second-order valence-electron chi connectivity index (χ2n) is 4.21. The van der Waals surface area contributed by atoms with Crippen LogP contribution in [0.25, 0.3) is 0 Å². The summed E-state index contributed by atoms with van der Waals surface area (Å²) >= 11 is 3.27. The van der Waals surface area contributed by atoms with E-state index in [1.807, 2.05) is 0 Å². The minimum Gasteiger partial charge on any atom is -0.502 e. The number of nitrogens with one attached hydrogen (secondary N) is 1. The van der Waals surface area contributed by atoms with Crippen molar-refractivity contribution in [3.8, 4) is 5.75 Å². The lowest BCUT2D eigenvalue weighted by atomic mass is 10.2. The van der Waals surface area contributed by atoms with E-state index in [-0.39, 0.29) is 0 Å². The number of phenols is 1. The summed E-state index contributed by atoms with van der Waals surface area (Å²) in [6.45, 7) is 0. The van der Waals surface area contributed by atoms with E-state index in [1.165, 1.54) is 18.3 Å². The zero-order chi connectivity index (χ0) is 16.1. The molecular weight excluding hydrogens is 354 g/mol. The largest absolute Gasteiger partial charge is 0.502 e. The molecule has 0 bridgehead atoms. The van der Waals surface area contributed by atoms with Crippen molar-refractivity contribution >= 4 is 33.7 Å². The quantitative estimate of drug-likeness (QED) is 0.494. The first-order chi connectivity index (χ1) is 10.5. The number of rotatable bonds is 4. The highest BCUT2D eigenvalue weighted by Crippen LogP contribution is 2.25. The van der Waals surface area contributed by atoms with Crippen LogP contribution in [-0.4, -0.2) is 22.2 Å². The molecule has 0 fully saturated rings. The molecule has 0 spiro atoms. The van der Waals surface area contributed by atoms with Gasteiger partial charge in [0.15, 0.2) is 5.75 Å². The summed E-state index contributed by atoms with van der Waals surface area (Å²) in [5.74, 6) is -0.858. The molecule has 0 aliphatic carbocycles. The molecule has 0 aromatic heterocycles. The van der Waals surface area contributed by atoms with E-state index in [4.69, 9.17) is 0 Å². The lowest BCUT2D eigenvalue weighted by Crippen LogP contribution is -2.17. The molecule has 0 saturated heterocycles. The van der Waals surface area contributed by atoms with E-state index in [1.54, 1.807) is 24.3 Å². The number of nitro groups is 1. The molecular formula is C14H10BrN3O4. The third kappa shape index (κ3) is 3.89. The van der Waals surface area contributed by atoms with E-state index in [2.05, 4.69) is 26.5 Å². The summed E-state index contributed by atoms with van der Waals surface area (Å²) < 4.78 is 0.855. The fraction of sp³-hybridized carbons (Fsp3) is 0. The van der Waals surface area contributed by atoms with Crippen LogP contribution in [0.5, 0.6) is 5.75 Å². The molecule has 2 N–H and O–H groups in total. The van der Waals surface area contributed by atoms with Gasteiger partial charge in [-0.15, -0.1) is 0 Å². The Kier molecular flexibility index (Phi) is 4.84. The van der Waals surface area contributed by atoms with E-state index >= 15 is 0 Å². The smallest absolute Gasteiger partial charge is 0.310 e. The second-order valence-corrected chi connectivity index (χ2v) is 5.13. The van der Waals surface area contributed by atoms with Crippen LogP contribution >= 0.6 is 15.9 Å². The monoisotopic (exact) mass is 363 g/mol. The second kappa shape index (κ2) is 6.81. The summed E-state index contributed by atoms with van der Waals surface area (Å²) in [4.78, 5) is 21.7. The molecule has 0 atom stereocenters. The molecule has 2 rings (SSSR count). The standard InChI is InChI=1S/C14H10BrN3O4/c15-11-4-2-10(3-5-11)14(20)17-16-8-9-1-6-12(18(21)22)13(19)7-9/h1-8,19H,(H,17,20)/b16-8-. The van der Waals surface area contributed by atoms with Crippen molar-refractivity contribution in [2.75, 3.05) is 0 Å². The van der Waals surface area contributed by atoms with Crippen LogP contribution in [0, 0.1) is 10.1 Å². The van der Waals surface area contributed by atoms with Crippen LogP contribution in [0.4, 0.5) is 5.69 Å². The molecule has 0 aliphatic heterocycles. The van der Waals surface area contributed by atoms with Crippen LogP contribution in [0.2, 0.25) is 0 Å². The normalized spacial score (nSPS) is 10.6. The molecule has 1 amide bonds. The van der Waals surface area contributed by atoms with Crippen molar-refractivity contribution in [3.63, 3.8) is 0 Å². The zero-order valence-electron chi connectivity index (χ0n) is 11.1. The van der Waals surface area contributed by atoms with Crippen molar-refractivity contribution < 1.29 is 14.8 Å². The predicted molar refractivity (Wildman–Crippen MR) is 84.0 cm³/mol. The first kappa shape index (κ1) is 15.6. The van der Waals surface area contributed by atoms with Crippen LogP contribution in [-0.2, 0) is 0 Å². The maximum Gasteiger partial charge on any atom is 0.310 e. The van der Waals surface area contributed by atoms with Crippen molar-refractivity contribution in [1.29, 1.82) is 0 Å². The van der Waals surface area contributed by atoms with Gasteiger partial charge in [0.05, 0.1) is 11.1 Å². The van der Waals surface area contributed by atoms with Gasteiger partial charge in [0, 0.05) is 16.1 Å². The zero-order valence-corrected chi connectivity index (χ0v) is 12.6. The van der Waals surface area contributed by atoms with Gasteiger partial charge in [0.1, 0.15) is 0 Å². The van der Waals surface area contributed by atoms with E-state index in [0.29, 0.717) is 11.1 Å². The number of hydrogen-bond acceptors (Lipinski definition) is 5. The number of carbonyl (C=O) groups is 1.